The number of nitrogens with zero attached hydrogens (tertiary/aromatic N) is 3. The summed E-state index contributed by atoms with van der Waals surface area (Å²) in [5.74, 6) is -0.493. The van der Waals surface area contributed by atoms with Crippen molar-refractivity contribution >= 4 is 16.9 Å². The number of hydrogen-bond acceptors (Lipinski definition) is 4. The zero-order chi connectivity index (χ0) is 22.1. The molecule has 1 N–H and O–H groups in total. The third-order valence-corrected chi connectivity index (χ3v) is 5.72. The normalized spacial score (nSPS) is 16.6. The average molecular weight is 424 g/mol. The van der Waals surface area contributed by atoms with Crippen LogP contribution in [0.25, 0.3) is 11.0 Å². The molecule has 1 aromatic carbocycles. The van der Waals surface area contributed by atoms with Gasteiger partial charge in [0.05, 0.1) is 11.0 Å². The molecule has 1 saturated heterocycles. The number of aromatic nitrogens is 2. The molecule has 0 saturated carbocycles. The Morgan fingerprint density at radius 2 is 1.80 bits per heavy atom. The number of halogens is 3. The fourth-order valence-electron chi connectivity index (χ4n) is 3.81. The third-order valence-electron chi connectivity index (χ3n) is 5.72. The van der Waals surface area contributed by atoms with Gasteiger partial charge in [-0.15, -0.1) is 0 Å². The minimum atomic E-state index is -4.91. The van der Waals surface area contributed by atoms with Gasteiger partial charge in [0.15, 0.2) is 0 Å². The second kappa shape index (κ2) is 8.75. The zero-order valence-electron chi connectivity index (χ0n) is 17.5. The van der Waals surface area contributed by atoms with Gasteiger partial charge in [0, 0.05) is 13.1 Å². The molecule has 1 amide bonds. The first-order valence-corrected chi connectivity index (χ1v) is 10.2. The van der Waals surface area contributed by atoms with E-state index >= 15 is 0 Å². The summed E-state index contributed by atoms with van der Waals surface area (Å²) in [5.41, 5.74) is -1.00. The van der Waals surface area contributed by atoms with Gasteiger partial charge in [0.2, 0.25) is 11.6 Å². The molecule has 0 aliphatic carbocycles. The Hall–Kier alpha value is -2.42. The van der Waals surface area contributed by atoms with Crippen molar-refractivity contribution in [3.8, 4) is 0 Å². The minimum Gasteiger partial charge on any atom is -0.353 e. The quantitative estimate of drug-likeness (QED) is 0.801. The molecule has 0 radical (unpaired) electrons. The molecule has 9 heteroatoms. The van der Waals surface area contributed by atoms with Crippen molar-refractivity contribution in [3.63, 3.8) is 0 Å². The van der Waals surface area contributed by atoms with Gasteiger partial charge < -0.3 is 10.2 Å². The SMILES string of the molecule is Cc1cc2nc(C(F)(F)F)c(=O)n([C@H](C)C(=O)NCCN3CCCCC3)c2cc1C. The van der Waals surface area contributed by atoms with E-state index in [9.17, 15) is 22.8 Å². The highest BCUT2D eigenvalue weighted by Gasteiger charge is 2.38. The topological polar surface area (TPSA) is 67.2 Å². The summed E-state index contributed by atoms with van der Waals surface area (Å²) in [6, 6.07) is 2.01. The van der Waals surface area contributed by atoms with Gasteiger partial charge in [-0.2, -0.15) is 13.2 Å². The number of carbonyl (C=O) groups excluding carboxylic acids is 1. The number of piperidine rings is 1. The Bertz CT molecular complexity index is 994. The van der Waals surface area contributed by atoms with Crippen LogP contribution < -0.4 is 10.9 Å². The van der Waals surface area contributed by atoms with Gasteiger partial charge in [0.1, 0.15) is 6.04 Å². The van der Waals surface area contributed by atoms with Gasteiger partial charge >= 0.3 is 6.18 Å². The first kappa shape index (κ1) is 22.3. The molecule has 1 aliphatic rings. The Labute approximate surface area is 173 Å². The summed E-state index contributed by atoms with van der Waals surface area (Å²) >= 11 is 0. The van der Waals surface area contributed by atoms with E-state index in [0.717, 1.165) is 41.6 Å². The number of fused-ring (bicyclic) bond motifs is 1. The lowest BCUT2D eigenvalue weighted by molar-refractivity contribution is -0.142. The van der Waals surface area contributed by atoms with Gasteiger partial charge in [-0.1, -0.05) is 6.42 Å². The number of likely N-dealkylation sites (tertiary alicyclic amines) is 1. The third kappa shape index (κ3) is 4.66. The molecule has 3 rings (SSSR count). The van der Waals surface area contributed by atoms with Crippen LogP contribution in [0.5, 0.6) is 0 Å². The molecule has 2 heterocycles. The van der Waals surface area contributed by atoms with Crippen molar-refractivity contribution in [3.05, 3.63) is 39.3 Å². The number of amides is 1. The molecule has 30 heavy (non-hydrogen) atoms. The van der Waals surface area contributed by atoms with Crippen molar-refractivity contribution < 1.29 is 18.0 Å². The van der Waals surface area contributed by atoms with Crippen LogP contribution in [0.1, 0.15) is 49.0 Å². The van der Waals surface area contributed by atoms with E-state index in [1.165, 1.54) is 19.4 Å². The molecular formula is C21H27F3N4O2. The molecule has 1 aromatic heterocycles. The van der Waals surface area contributed by atoms with Crippen LogP contribution in [-0.4, -0.2) is 46.5 Å². The monoisotopic (exact) mass is 424 g/mol. The molecule has 1 aliphatic heterocycles. The summed E-state index contributed by atoms with van der Waals surface area (Å²) in [6.45, 7) is 8.01. The maximum absolute atomic E-state index is 13.4. The van der Waals surface area contributed by atoms with Crippen LogP contribution in [0.4, 0.5) is 13.2 Å². The maximum atomic E-state index is 13.4. The van der Waals surface area contributed by atoms with E-state index in [-0.39, 0.29) is 11.0 Å². The van der Waals surface area contributed by atoms with E-state index in [1.54, 1.807) is 19.9 Å². The Morgan fingerprint density at radius 3 is 2.43 bits per heavy atom. The van der Waals surface area contributed by atoms with Gasteiger partial charge in [-0.3, -0.25) is 14.2 Å². The van der Waals surface area contributed by atoms with Gasteiger partial charge in [-0.25, -0.2) is 4.98 Å². The van der Waals surface area contributed by atoms with Crippen molar-refractivity contribution in [1.29, 1.82) is 0 Å². The molecule has 0 spiro atoms. The number of carbonyl (C=O) groups is 1. The predicted molar refractivity (Wildman–Crippen MR) is 108 cm³/mol. The average Bonchev–Trinajstić information content (AvgIpc) is 2.68. The highest BCUT2D eigenvalue weighted by atomic mass is 19.4. The summed E-state index contributed by atoms with van der Waals surface area (Å²) in [6.07, 6.45) is -1.45. The van der Waals surface area contributed by atoms with Crippen LogP contribution in [-0.2, 0) is 11.0 Å². The lowest BCUT2D eigenvalue weighted by Gasteiger charge is -2.26. The predicted octanol–water partition coefficient (Wildman–Crippen LogP) is 3.20. The summed E-state index contributed by atoms with van der Waals surface area (Å²) < 4.78 is 41.2. The zero-order valence-corrected chi connectivity index (χ0v) is 17.5. The second-order valence-corrected chi connectivity index (χ2v) is 7.93. The van der Waals surface area contributed by atoms with E-state index in [4.69, 9.17) is 0 Å². The Balaban J connectivity index is 1.92. The fraction of sp³-hybridized carbons (Fsp3) is 0.571. The van der Waals surface area contributed by atoms with Crippen LogP contribution in [0.3, 0.4) is 0 Å². The highest BCUT2D eigenvalue weighted by Crippen LogP contribution is 2.28. The van der Waals surface area contributed by atoms with Crippen LogP contribution in [0, 0.1) is 13.8 Å². The van der Waals surface area contributed by atoms with E-state index in [0.29, 0.717) is 13.1 Å². The number of benzene rings is 1. The lowest BCUT2D eigenvalue weighted by atomic mass is 10.1. The Morgan fingerprint density at radius 1 is 1.17 bits per heavy atom. The van der Waals surface area contributed by atoms with Crippen molar-refractivity contribution in [2.24, 2.45) is 0 Å². The Kier molecular flexibility index (Phi) is 6.50. The number of alkyl halides is 3. The van der Waals surface area contributed by atoms with E-state index < -0.39 is 29.4 Å². The molecule has 0 unspecified atom stereocenters. The molecule has 1 fully saturated rings. The first-order chi connectivity index (χ1) is 14.1. The smallest absolute Gasteiger partial charge is 0.353 e. The molecule has 164 valence electrons. The van der Waals surface area contributed by atoms with E-state index in [1.807, 2.05) is 0 Å². The number of nitrogens with one attached hydrogen (secondary N) is 1. The molecule has 6 nitrogen and oxygen atoms in total. The molecular weight excluding hydrogens is 397 g/mol. The van der Waals surface area contributed by atoms with Crippen LogP contribution >= 0.6 is 0 Å². The standard InChI is InChI=1S/C21H27F3N4O2/c1-13-11-16-17(12-14(13)2)28(20(30)18(26-16)21(22,23)24)15(3)19(29)25-7-10-27-8-5-4-6-9-27/h11-12,15H,4-10H2,1-3H3,(H,25,29)/t15-/m1/s1. The molecule has 2 aromatic rings. The minimum absolute atomic E-state index is 0.0398. The summed E-state index contributed by atoms with van der Waals surface area (Å²) in [5, 5.41) is 2.76. The number of rotatable bonds is 5. The van der Waals surface area contributed by atoms with Gasteiger partial charge in [0.25, 0.3) is 5.56 Å². The maximum Gasteiger partial charge on any atom is 0.438 e. The van der Waals surface area contributed by atoms with Crippen LogP contribution in [0.15, 0.2) is 16.9 Å². The molecule has 0 bridgehead atoms. The lowest BCUT2D eigenvalue weighted by Crippen LogP contribution is -2.42. The number of hydrogen-bond donors (Lipinski definition) is 1. The summed E-state index contributed by atoms with van der Waals surface area (Å²) in [7, 11) is 0. The largest absolute Gasteiger partial charge is 0.438 e. The highest BCUT2D eigenvalue weighted by molar-refractivity contribution is 5.84. The van der Waals surface area contributed by atoms with Crippen molar-refractivity contribution in [2.75, 3.05) is 26.2 Å². The van der Waals surface area contributed by atoms with Gasteiger partial charge in [-0.05, 0) is 70.0 Å². The second-order valence-electron chi connectivity index (χ2n) is 7.93. The summed E-state index contributed by atoms with van der Waals surface area (Å²) in [4.78, 5) is 31.2. The van der Waals surface area contributed by atoms with Crippen molar-refractivity contribution in [2.45, 2.75) is 52.3 Å². The first-order valence-electron chi connectivity index (χ1n) is 10.2. The van der Waals surface area contributed by atoms with E-state index in [2.05, 4.69) is 15.2 Å². The molecule has 1 atom stereocenters. The number of aryl methyl sites for hydroxylation is 2. The fourth-order valence-corrected chi connectivity index (χ4v) is 3.81. The van der Waals surface area contributed by atoms with Crippen LogP contribution in [0.2, 0.25) is 0 Å². The van der Waals surface area contributed by atoms with Crippen molar-refractivity contribution in [1.82, 2.24) is 19.8 Å².